The van der Waals surface area contributed by atoms with Gasteiger partial charge in [0, 0.05) is 28.8 Å². The van der Waals surface area contributed by atoms with Gasteiger partial charge in [0.05, 0.1) is 12.6 Å². The Hall–Kier alpha value is -1.70. The zero-order valence-electron chi connectivity index (χ0n) is 10.4. The number of benzene rings is 1. The van der Waals surface area contributed by atoms with E-state index in [9.17, 15) is 0 Å². The van der Waals surface area contributed by atoms with Gasteiger partial charge in [-0.05, 0) is 29.8 Å². The van der Waals surface area contributed by atoms with Crippen LogP contribution in [0.5, 0.6) is 0 Å². The highest BCUT2D eigenvalue weighted by Gasteiger charge is 2.12. The number of nitriles is 1. The second-order valence-electron chi connectivity index (χ2n) is 4.17. The second kappa shape index (κ2) is 7.03. The zero-order valence-corrected chi connectivity index (χ0v) is 12.0. The molecule has 0 radical (unpaired) electrons. The topological polar surface area (TPSA) is 48.7 Å². The Morgan fingerprint density at radius 1 is 1.21 bits per heavy atom. The predicted molar refractivity (Wildman–Crippen MR) is 78.4 cm³/mol. The number of nitrogens with zero attached hydrogens (tertiary/aromatic N) is 2. The van der Waals surface area contributed by atoms with Crippen LogP contribution in [0.15, 0.2) is 53.1 Å². The van der Waals surface area contributed by atoms with Crippen molar-refractivity contribution >= 4 is 15.9 Å². The third kappa shape index (κ3) is 4.16. The summed E-state index contributed by atoms with van der Waals surface area (Å²) in [5.41, 5.74) is 2.17. The van der Waals surface area contributed by atoms with E-state index in [1.54, 1.807) is 6.20 Å². The first-order valence-corrected chi connectivity index (χ1v) is 6.84. The van der Waals surface area contributed by atoms with Crippen LogP contribution < -0.4 is 5.32 Å². The Morgan fingerprint density at radius 3 is 2.63 bits per heavy atom. The van der Waals surface area contributed by atoms with Crippen molar-refractivity contribution in [1.82, 2.24) is 10.3 Å². The molecule has 0 aliphatic carbocycles. The first-order chi connectivity index (χ1) is 9.29. The fourth-order valence-corrected chi connectivity index (χ4v) is 2.16. The standard InChI is InChI=1S/C15H14BrN3/c16-13-6-4-12(5-7-13)15(19-10-8-17)11-14-3-1-2-9-18-14/h1-7,9,15,19H,10-11H2/t15-/m0/s1. The first kappa shape index (κ1) is 13.7. The molecule has 0 aliphatic rings. The number of hydrogen-bond acceptors (Lipinski definition) is 3. The number of pyridine rings is 1. The fraction of sp³-hybridized carbons (Fsp3) is 0.200. The van der Waals surface area contributed by atoms with Crippen LogP contribution in [-0.2, 0) is 6.42 Å². The van der Waals surface area contributed by atoms with Crippen LogP contribution in [0.3, 0.4) is 0 Å². The molecule has 0 spiro atoms. The highest BCUT2D eigenvalue weighted by Crippen LogP contribution is 2.20. The van der Waals surface area contributed by atoms with E-state index in [1.165, 1.54) is 0 Å². The van der Waals surface area contributed by atoms with Crippen LogP contribution in [0.1, 0.15) is 17.3 Å². The smallest absolute Gasteiger partial charge is 0.0845 e. The molecule has 0 fully saturated rings. The summed E-state index contributed by atoms with van der Waals surface area (Å²) in [5.74, 6) is 0. The number of nitrogens with one attached hydrogen (secondary N) is 1. The normalized spacial score (nSPS) is 11.8. The SMILES string of the molecule is N#CCN[C@@H](Cc1ccccn1)c1ccc(Br)cc1. The highest BCUT2D eigenvalue weighted by atomic mass is 79.9. The van der Waals surface area contributed by atoms with E-state index in [-0.39, 0.29) is 6.04 Å². The molecule has 0 bridgehead atoms. The van der Waals surface area contributed by atoms with Crippen LogP contribution in [0.25, 0.3) is 0 Å². The van der Waals surface area contributed by atoms with Gasteiger partial charge in [0.15, 0.2) is 0 Å². The molecule has 1 aromatic carbocycles. The average Bonchev–Trinajstić information content (AvgIpc) is 2.45. The van der Waals surface area contributed by atoms with Crippen molar-refractivity contribution in [3.05, 3.63) is 64.4 Å². The minimum absolute atomic E-state index is 0.0997. The van der Waals surface area contributed by atoms with Gasteiger partial charge in [0.25, 0.3) is 0 Å². The molecule has 0 saturated carbocycles. The van der Waals surface area contributed by atoms with Crippen molar-refractivity contribution < 1.29 is 0 Å². The van der Waals surface area contributed by atoms with Crippen LogP contribution in [0.2, 0.25) is 0 Å². The molecule has 0 saturated heterocycles. The largest absolute Gasteiger partial charge is 0.297 e. The fourth-order valence-electron chi connectivity index (χ4n) is 1.90. The molecular weight excluding hydrogens is 302 g/mol. The van der Waals surface area contributed by atoms with E-state index in [4.69, 9.17) is 5.26 Å². The Bertz CT molecular complexity index is 546. The minimum atomic E-state index is 0.0997. The lowest BCUT2D eigenvalue weighted by Gasteiger charge is -2.17. The van der Waals surface area contributed by atoms with Gasteiger partial charge in [0.2, 0.25) is 0 Å². The number of aromatic nitrogens is 1. The van der Waals surface area contributed by atoms with E-state index in [0.29, 0.717) is 6.54 Å². The Kier molecular flexibility index (Phi) is 5.08. The summed E-state index contributed by atoms with van der Waals surface area (Å²) >= 11 is 3.43. The van der Waals surface area contributed by atoms with Crippen LogP contribution in [0, 0.1) is 11.3 Å². The number of hydrogen-bond donors (Lipinski definition) is 1. The molecule has 2 rings (SSSR count). The summed E-state index contributed by atoms with van der Waals surface area (Å²) in [4.78, 5) is 4.34. The van der Waals surface area contributed by atoms with Gasteiger partial charge in [-0.25, -0.2) is 0 Å². The van der Waals surface area contributed by atoms with E-state index < -0.39 is 0 Å². The number of halogens is 1. The van der Waals surface area contributed by atoms with Gasteiger partial charge in [-0.15, -0.1) is 0 Å². The summed E-state index contributed by atoms with van der Waals surface area (Å²) in [7, 11) is 0. The third-order valence-corrected chi connectivity index (χ3v) is 3.37. The van der Waals surface area contributed by atoms with E-state index in [0.717, 1.165) is 22.2 Å². The second-order valence-corrected chi connectivity index (χ2v) is 5.08. The van der Waals surface area contributed by atoms with Gasteiger partial charge < -0.3 is 0 Å². The molecule has 3 nitrogen and oxygen atoms in total. The van der Waals surface area contributed by atoms with E-state index in [2.05, 4.69) is 44.4 Å². The minimum Gasteiger partial charge on any atom is -0.297 e. The lowest BCUT2D eigenvalue weighted by Crippen LogP contribution is -2.24. The van der Waals surface area contributed by atoms with Crippen molar-refractivity contribution in [3.63, 3.8) is 0 Å². The maximum absolute atomic E-state index is 8.74. The summed E-state index contributed by atoms with van der Waals surface area (Å²) < 4.78 is 1.05. The third-order valence-electron chi connectivity index (χ3n) is 2.84. The molecule has 0 unspecified atom stereocenters. The molecule has 1 N–H and O–H groups in total. The molecule has 2 aromatic rings. The van der Waals surface area contributed by atoms with Crippen LogP contribution in [-0.4, -0.2) is 11.5 Å². The van der Waals surface area contributed by atoms with Crippen LogP contribution >= 0.6 is 15.9 Å². The summed E-state index contributed by atoms with van der Waals surface area (Å²) in [5, 5.41) is 12.0. The quantitative estimate of drug-likeness (QED) is 0.862. The van der Waals surface area contributed by atoms with Crippen molar-refractivity contribution in [2.24, 2.45) is 0 Å². The molecule has 0 aliphatic heterocycles. The molecule has 1 heterocycles. The predicted octanol–water partition coefficient (Wildman–Crippen LogP) is 3.24. The summed E-state index contributed by atoms with van der Waals surface area (Å²) in [6, 6.07) is 16.2. The van der Waals surface area contributed by atoms with Gasteiger partial charge in [-0.3, -0.25) is 10.3 Å². The summed E-state index contributed by atoms with van der Waals surface area (Å²) in [6.45, 7) is 0.327. The maximum atomic E-state index is 8.74. The van der Waals surface area contributed by atoms with E-state index in [1.807, 2.05) is 30.3 Å². The number of rotatable bonds is 5. The average molecular weight is 316 g/mol. The lowest BCUT2D eigenvalue weighted by atomic mass is 10.0. The van der Waals surface area contributed by atoms with Gasteiger partial charge >= 0.3 is 0 Å². The Balaban J connectivity index is 2.16. The Morgan fingerprint density at radius 2 is 2.00 bits per heavy atom. The molecule has 96 valence electrons. The van der Waals surface area contributed by atoms with Crippen molar-refractivity contribution in [3.8, 4) is 6.07 Å². The highest BCUT2D eigenvalue weighted by molar-refractivity contribution is 9.10. The maximum Gasteiger partial charge on any atom is 0.0845 e. The first-order valence-electron chi connectivity index (χ1n) is 6.05. The Labute approximate surface area is 121 Å². The van der Waals surface area contributed by atoms with Crippen molar-refractivity contribution in [1.29, 1.82) is 5.26 Å². The van der Waals surface area contributed by atoms with Gasteiger partial charge in [-0.1, -0.05) is 34.1 Å². The molecular formula is C15H14BrN3. The molecule has 19 heavy (non-hydrogen) atoms. The van der Waals surface area contributed by atoms with E-state index >= 15 is 0 Å². The molecule has 0 amide bonds. The molecule has 4 heteroatoms. The van der Waals surface area contributed by atoms with Crippen LogP contribution in [0.4, 0.5) is 0 Å². The lowest BCUT2D eigenvalue weighted by molar-refractivity contribution is 0.561. The monoisotopic (exact) mass is 315 g/mol. The zero-order chi connectivity index (χ0) is 13.5. The molecule has 1 atom stereocenters. The summed E-state index contributed by atoms with van der Waals surface area (Å²) in [6.07, 6.45) is 2.56. The van der Waals surface area contributed by atoms with Crippen molar-refractivity contribution in [2.45, 2.75) is 12.5 Å². The van der Waals surface area contributed by atoms with Crippen molar-refractivity contribution in [2.75, 3.05) is 6.54 Å². The van der Waals surface area contributed by atoms with Gasteiger partial charge in [-0.2, -0.15) is 5.26 Å². The molecule has 1 aromatic heterocycles. The van der Waals surface area contributed by atoms with Gasteiger partial charge in [0.1, 0.15) is 0 Å².